The van der Waals surface area contributed by atoms with Crippen molar-refractivity contribution in [3.05, 3.63) is 77.5 Å². The zero-order chi connectivity index (χ0) is 14.5. The molecule has 20 heavy (non-hydrogen) atoms. The molecule has 2 rings (SSSR count). The summed E-state index contributed by atoms with van der Waals surface area (Å²) in [6.07, 6.45) is 1.87. The van der Waals surface area contributed by atoms with E-state index in [2.05, 4.69) is 0 Å². The first kappa shape index (κ1) is 14.1. The largest absolute Gasteiger partial charge is 0.383 e. The van der Waals surface area contributed by atoms with Gasteiger partial charge in [0.1, 0.15) is 0 Å². The summed E-state index contributed by atoms with van der Waals surface area (Å²) in [6.45, 7) is 2.02. The average molecular weight is 265 g/mol. The van der Waals surface area contributed by atoms with Gasteiger partial charge in [0.2, 0.25) is 0 Å². The Morgan fingerprint density at radius 1 is 0.900 bits per heavy atom. The minimum Gasteiger partial charge on any atom is -0.383 e. The second kappa shape index (κ2) is 6.20. The molecule has 0 N–H and O–H groups in total. The van der Waals surface area contributed by atoms with Gasteiger partial charge in [0.25, 0.3) is 0 Å². The Kier molecular flexibility index (Phi) is 4.36. The van der Waals surface area contributed by atoms with Crippen LogP contribution in [0.1, 0.15) is 21.5 Å². The number of hydrogen-bond donors (Lipinski definition) is 0. The molecule has 0 spiro atoms. The van der Waals surface area contributed by atoms with Gasteiger partial charge in [-0.2, -0.15) is 0 Å². The predicted molar refractivity (Wildman–Crippen MR) is 83.6 cm³/mol. The van der Waals surface area contributed by atoms with Crippen LogP contribution in [0, 0.1) is 6.92 Å². The van der Waals surface area contributed by atoms with Crippen LogP contribution in [-0.4, -0.2) is 24.8 Å². The first-order chi connectivity index (χ1) is 9.58. The molecule has 2 aromatic carbocycles. The molecule has 0 heterocycles. The molecule has 102 valence electrons. The fourth-order valence-electron chi connectivity index (χ4n) is 2.00. The highest BCUT2D eigenvalue weighted by atomic mass is 16.1. The number of hydrogen-bond acceptors (Lipinski definition) is 2. The Morgan fingerprint density at radius 3 is 2.05 bits per heavy atom. The molecule has 0 amide bonds. The first-order valence-electron chi connectivity index (χ1n) is 6.63. The molecule has 0 unspecified atom stereocenters. The molecular weight excluding hydrogens is 246 g/mol. The number of carbonyl (C=O) groups excluding carboxylic acids is 1. The zero-order valence-electron chi connectivity index (χ0n) is 12.1. The summed E-state index contributed by atoms with van der Waals surface area (Å²) in [6, 6.07) is 17.4. The molecule has 2 nitrogen and oxygen atoms in total. The van der Waals surface area contributed by atoms with E-state index in [4.69, 9.17) is 0 Å². The lowest BCUT2D eigenvalue weighted by atomic mass is 9.97. The highest BCUT2D eigenvalue weighted by molar-refractivity contribution is 6.28. The lowest BCUT2D eigenvalue weighted by molar-refractivity contribution is 0.105. The third-order valence-electron chi connectivity index (χ3n) is 3.03. The molecule has 0 saturated carbocycles. The van der Waals surface area contributed by atoms with Crippen LogP contribution < -0.4 is 0 Å². The van der Waals surface area contributed by atoms with E-state index in [1.54, 1.807) is 0 Å². The molecule has 0 fully saturated rings. The standard InChI is InChI=1S/C18H19NO/c1-14-9-11-16(12-10-14)18(20)17(13-19(2)3)15-7-5-4-6-8-15/h4-13H,1-3H3. The Morgan fingerprint density at radius 2 is 1.50 bits per heavy atom. The quantitative estimate of drug-likeness (QED) is 0.619. The minimum atomic E-state index is 0.0462. The van der Waals surface area contributed by atoms with E-state index in [0.717, 1.165) is 11.1 Å². The molecule has 0 radical (unpaired) electrons. The predicted octanol–water partition coefficient (Wildman–Crippen LogP) is 3.78. The van der Waals surface area contributed by atoms with Crippen molar-refractivity contribution >= 4 is 11.4 Å². The second-order valence-electron chi connectivity index (χ2n) is 5.07. The smallest absolute Gasteiger partial charge is 0.195 e. The van der Waals surface area contributed by atoms with E-state index in [9.17, 15) is 4.79 Å². The monoisotopic (exact) mass is 265 g/mol. The van der Waals surface area contributed by atoms with Crippen LogP contribution in [0.25, 0.3) is 5.57 Å². The molecular formula is C18H19NO. The Hall–Kier alpha value is -2.35. The van der Waals surface area contributed by atoms with Crippen LogP contribution in [0.2, 0.25) is 0 Å². The molecule has 2 aromatic rings. The van der Waals surface area contributed by atoms with Crippen molar-refractivity contribution < 1.29 is 4.79 Å². The summed E-state index contributed by atoms with van der Waals surface area (Å²) >= 11 is 0. The number of aryl methyl sites for hydroxylation is 1. The molecule has 0 aromatic heterocycles. The Labute approximate surface area is 120 Å². The van der Waals surface area contributed by atoms with Gasteiger partial charge in [-0.25, -0.2) is 0 Å². The molecule has 0 aliphatic rings. The number of carbonyl (C=O) groups is 1. The number of Topliss-reactive ketones (excluding diaryl/α,β-unsaturated/α-hetero) is 1. The SMILES string of the molecule is Cc1ccc(C(=O)C(=CN(C)C)c2ccccc2)cc1. The topological polar surface area (TPSA) is 20.3 Å². The van der Waals surface area contributed by atoms with Crippen LogP contribution in [0.4, 0.5) is 0 Å². The summed E-state index contributed by atoms with van der Waals surface area (Å²) in [5, 5.41) is 0. The lowest BCUT2D eigenvalue weighted by Gasteiger charge is -2.12. The van der Waals surface area contributed by atoms with Crippen LogP contribution in [0.3, 0.4) is 0 Å². The molecule has 0 atom stereocenters. The van der Waals surface area contributed by atoms with Gasteiger partial charge in [-0.1, -0.05) is 60.2 Å². The van der Waals surface area contributed by atoms with Gasteiger partial charge in [-0.15, -0.1) is 0 Å². The van der Waals surface area contributed by atoms with E-state index < -0.39 is 0 Å². The van der Waals surface area contributed by atoms with E-state index in [-0.39, 0.29) is 5.78 Å². The van der Waals surface area contributed by atoms with Gasteiger partial charge >= 0.3 is 0 Å². The van der Waals surface area contributed by atoms with E-state index in [1.165, 1.54) is 0 Å². The maximum Gasteiger partial charge on any atom is 0.195 e. The van der Waals surface area contributed by atoms with Gasteiger partial charge in [0.05, 0.1) is 0 Å². The van der Waals surface area contributed by atoms with E-state index in [1.807, 2.05) is 86.7 Å². The third kappa shape index (κ3) is 3.35. The molecule has 0 saturated heterocycles. The van der Waals surface area contributed by atoms with Crippen molar-refractivity contribution in [3.63, 3.8) is 0 Å². The van der Waals surface area contributed by atoms with E-state index >= 15 is 0 Å². The maximum atomic E-state index is 12.7. The minimum absolute atomic E-state index is 0.0462. The fraction of sp³-hybridized carbons (Fsp3) is 0.167. The first-order valence-corrected chi connectivity index (χ1v) is 6.63. The fourth-order valence-corrected chi connectivity index (χ4v) is 2.00. The van der Waals surface area contributed by atoms with Crippen LogP contribution >= 0.6 is 0 Å². The number of allylic oxidation sites excluding steroid dienone is 1. The molecule has 0 aliphatic heterocycles. The van der Waals surface area contributed by atoms with Crippen LogP contribution in [0.5, 0.6) is 0 Å². The Balaban J connectivity index is 2.42. The number of nitrogens with zero attached hydrogens (tertiary/aromatic N) is 1. The number of ketones is 1. The number of rotatable bonds is 4. The molecule has 0 bridgehead atoms. The van der Waals surface area contributed by atoms with Gasteiger partial charge in [-0.3, -0.25) is 4.79 Å². The lowest BCUT2D eigenvalue weighted by Crippen LogP contribution is -2.09. The van der Waals surface area contributed by atoms with Crippen LogP contribution in [0.15, 0.2) is 60.8 Å². The number of benzene rings is 2. The zero-order valence-corrected chi connectivity index (χ0v) is 12.1. The highest BCUT2D eigenvalue weighted by Crippen LogP contribution is 2.20. The second-order valence-corrected chi connectivity index (χ2v) is 5.07. The van der Waals surface area contributed by atoms with Crippen molar-refractivity contribution in [2.45, 2.75) is 6.92 Å². The van der Waals surface area contributed by atoms with Crippen LogP contribution in [-0.2, 0) is 0 Å². The van der Waals surface area contributed by atoms with Crippen molar-refractivity contribution in [1.82, 2.24) is 4.90 Å². The average Bonchev–Trinajstić information content (AvgIpc) is 2.45. The highest BCUT2D eigenvalue weighted by Gasteiger charge is 2.14. The normalized spacial score (nSPS) is 11.2. The maximum absolute atomic E-state index is 12.7. The van der Waals surface area contributed by atoms with Gasteiger partial charge in [0.15, 0.2) is 5.78 Å². The molecule has 0 aliphatic carbocycles. The van der Waals surface area contributed by atoms with Crippen molar-refractivity contribution in [3.8, 4) is 0 Å². The van der Waals surface area contributed by atoms with Gasteiger partial charge < -0.3 is 4.90 Å². The third-order valence-corrected chi connectivity index (χ3v) is 3.03. The van der Waals surface area contributed by atoms with Crippen molar-refractivity contribution in [2.24, 2.45) is 0 Å². The summed E-state index contributed by atoms with van der Waals surface area (Å²) < 4.78 is 0. The van der Waals surface area contributed by atoms with E-state index in [0.29, 0.717) is 11.1 Å². The van der Waals surface area contributed by atoms with Gasteiger partial charge in [-0.05, 0) is 12.5 Å². The molecule has 2 heteroatoms. The summed E-state index contributed by atoms with van der Waals surface area (Å²) in [5.74, 6) is 0.0462. The summed E-state index contributed by atoms with van der Waals surface area (Å²) in [7, 11) is 3.84. The van der Waals surface area contributed by atoms with Crippen molar-refractivity contribution in [2.75, 3.05) is 14.1 Å². The van der Waals surface area contributed by atoms with Gasteiger partial charge in [0, 0.05) is 31.4 Å². The van der Waals surface area contributed by atoms with Crippen molar-refractivity contribution in [1.29, 1.82) is 0 Å². The Bertz CT molecular complexity index is 610. The summed E-state index contributed by atoms with van der Waals surface area (Å²) in [4.78, 5) is 14.6. The summed E-state index contributed by atoms with van der Waals surface area (Å²) in [5.41, 5.74) is 3.51.